The van der Waals surface area contributed by atoms with Gasteiger partial charge in [-0.05, 0) is 13.0 Å². The third-order valence-electron chi connectivity index (χ3n) is 1.92. The zero-order chi connectivity index (χ0) is 13.0. The number of aryl methyl sites for hydroxylation is 1. The highest BCUT2D eigenvalue weighted by Gasteiger charge is 2.10. The van der Waals surface area contributed by atoms with Gasteiger partial charge in [-0.15, -0.1) is 11.3 Å². The van der Waals surface area contributed by atoms with Crippen molar-refractivity contribution in [2.75, 3.05) is 11.9 Å². The average molecular weight is 278 g/mol. The van der Waals surface area contributed by atoms with Gasteiger partial charge in [0.15, 0.2) is 0 Å². The molecule has 0 radical (unpaired) electrons. The van der Waals surface area contributed by atoms with Crippen LogP contribution in [0.4, 0.5) is 5.13 Å². The van der Waals surface area contributed by atoms with E-state index in [1.165, 1.54) is 11.3 Å². The second-order valence-electron chi connectivity index (χ2n) is 3.31. The van der Waals surface area contributed by atoms with Crippen LogP contribution in [-0.2, 0) is 0 Å². The molecule has 0 unspecified atom stereocenters. The Balaban J connectivity index is 2.07. The minimum absolute atomic E-state index is 0.205. The molecule has 2 rings (SSSR count). The number of carbonyl (C=O) groups excluding carboxylic acids is 1. The first-order valence-electron chi connectivity index (χ1n) is 5.08. The van der Waals surface area contributed by atoms with Crippen LogP contribution in [0.25, 0.3) is 0 Å². The number of thiophene rings is 1. The molecule has 7 heteroatoms. The topological polar surface area (TPSA) is 80.9 Å². The fourth-order valence-electron chi connectivity index (χ4n) is 1.18. The Morgan fingerprint density at radius 1 is 1.61 bits per heavy atom. The lowest BCUT2D eigenvalue weighted by Gasteiger charge is -1.96. The molecule has 0 aliphatic rings. The quantitative estimate of drug-likeness (QED) is 0.815. The summed E-state index contributed by atoms with van der Waals surface area (Å²) in [6.07, 6.45) is 0. The minimum atomic E-state index is -0.205. The fraction of sp³-hybridized carbons (Fsp3) is 0.182. The van der Waals surface area contributed by atoms with Gasteiger partial charge in [0, 0.05) is 16.9 Å². The summed E-state index contributed by atoms with van der Waals surface area (Å²) in [4.78, 5) is 16.8. The van der Waals surface area contributed by atoms with Gasteiger partial charge in [0.1, 0.15) is 5.82 Å². The second-order valence-corrected chi connectivity index (χ2v) is 4.97. The van der Waals surface area contributed by atoms with Crippen molar-refractivity contribution in [2.24, 2.45) is 5.73 Å². The summed E-state index contributed by atoms with van der Waals surface area (Å²) in [6.45, 7) is 2.08. The van der Waals surface area contributed by atoms with Gasteiger partial charge < -0.3 is 5.73 Å². The van der Waals surface area contributed by atoms with Gasteiger partial charge in [0.25, 0.3) is 5.91 Å². The minimum Gasteiger partial charge on any atom is -0.320 e. The van der Waals surface area contributed by atoms with E-state index in [4.69, 9.17) is 5.73 Å². The Hall–Kier alpha value is -1.75. The molecular weight excluding hydrogens is 268 g/mol. The number of nitrogens with zero attached hydrogens (tertiary/aromatic N) is 2. The van der Waals surface area contributed by atoms with E-state index in [1.807, 2.05) is 0 Å². The first-order chi connectivity index (χ1) is 8.69. The lowest BCUT2D eigenvalue weighted by molar-refractivity contribution is 0.102. The zero-order valence-corrected chi connectivity index (χ0v) is 11.2. The van der Waals surface area contributed by atoms with Crippen LogP contribution in [0.3, 0.4) is 0 Å². The summed E-state index contributed by atoms with van der Waals surface area (Å²) >= 11 is 2.57. The number of carbonyl (C=O) groups is 1. The van der Waals surface area contributed by atoms with E-state index in [9.17, 15) is 4.79 Å². The Labute approximate surface area is 112 Å². The first-order valence-corrected chi connectivity index (χ1v) is 6.73. The van der Waals surface area contributed by atoms with Gasteiger partial charge in [-0.1, -0.05) is 11.8 Å². The van der Waals surface area contributed by atoms with E-state index in [0.29, 0.717) is 23.1 Å². The standard InChI is InChI=1S/C11H10N4OS2/c1-7-13-11(18-15-7)14-10(16)8-5-9(17-6-8)3-2-4-12/h5-6H,4,12H2,1H3,(H,13,14,15,16). The molecule has 2 heterocycles. The average Bonchev–Trinajstić information content (AvgIpc) is 2.96. The lowest BCUT2D eigenvalue weighted by Crippen LogP contribution is -2.10. The Morgan fingerprint density at radius 2 is 2.44 bits per heavy atom. The molecule has 0 spiro atoms. The van der Waals surface area contributed by atoms with Gasteiger partial charge in [-0.25, -0.2) is 4.98 Å². The summed E-state index contributed by atoms with van der Waals surface area (Å²) in [5.74, 6) is 6.07. The summed E-state index contributed by atoms with van der Waals surface area (Å²) in [5.41, 5.74) is 5.85. The highest BCUT2D eigenvalue weighted by molar-refractivity contribution is 7.11. The number of anilines is 1. The van der Waals surface area contributed by atoms with Gasteiger partial charge in [-0.2, -0.15) is 4.37 Å². The fourth-order valence-corrected chi connectivity index (χ4v) is 2.50. The van der Waals surface area contributed by atoms with Crippen LogP contribution in [0, 0.1) is 18.8 Å². The highest BCUT2D eigenvalue weighted by Crippen LogP contribution is 2.16. The number of nitrogens with two attached hydrogens (primary N) is 1. The molecule has 0 fully saturated rings. The highest BCUT2D eigenvalue weighted by atomic mass is 32.1. The van der Waals surface area contributed by atoms with Crippen LogP contribution < -0.4 is 11.1 Å². The number of hydrogen-bond acceptors (Lipinski definition) is 6. The molecule has 92 valence electrons. The van der Waals surface area contributed by atoms with E-state index in [-0.39, 0.29) is 5.91 Å². The van der Waals surface area contributed by atoms with E-state index < -0.39 is 0 Å². The molecule has 0 saturated carbocycles. The number of nitrogens with one attached hydrogen (secondary N) is 1. The maximum Gasteiger partial charge on any atom is 0.258 e. The van der Waals surface area contributed by atoms with Crippen LogP contribution in [-0.4, -0.2) is 21.8 Å². The zero-order valence-electron chi connectivity index (χ0n) is 9.56. The van der Waals surface area contributed by atoms with Crippen molar-refractivity contribution in [2.45, 2.75) is 6.92 Å². The van der Waals surface area contributed by atoms with Crippen LogP contribution in [0.2, 0.25) is 0 Å². The summed E-state index contributed by atoms with van der Waals surface area (Å²) in [6, 6.07) is 1.73. The molecule has 2 aromatic heterocycles. The lowest BCUT2D eigenvalue weighted by atomic mass is 10.3. The van der Waals surface area contributed by atoms with Crippen LogP contribution in [0.1, 0.15) is 21.1 Å². The molecule has 0 saturated heterocycles. The molecule has 0 atom stereocenters. The van der Waals surface area contributed by atoms with Gasteiger partial charge in [0.05, 0.1) is 17.0 Å². The van der Waals surface area contributed by atoms with E-state index >= 15 is 0 Å². The SMILES string of the molecule is Cc1nsc(NC(=O)c2csc(C#CCN)c2)n1. The number of aromatic nitrogens is 2. The normalized spacial score (nSPS) is 9.67. The molecule has 18 heavy (non-hydrogen) atoms. The maximum atomic E-state index is 11.9. The molecule has 1 amide bonds. The van der Waals surface area contributed by atoms with Crippen molar-refractivity contribution in [3.8, 4) is 11.8 Å². The molecule has 0 bridgehead atoms. The second kappa shape index (κ2) is 5.73. The Kier molecular flexibility index (Phi) is 4.04. The summed E-state index contributed by atoms with van der Waals surface area (Å²) < 4.78 is 3.99. The summed E-state index contributed by atoms with van der Waals surface area (Å²) in [7, 11) is 0. The molecule has 0 aliphatic heterocycles. The smallest absolute Gasteiger partial charge is 0.258 e. The van der Waals surface area contributed by atoms with Crippen molar-refractivity contribution in [3.63, 3.8) is 0 Å². The number of hydrogen-bond donors (Lipinski definition) is 2. The molecule has 0 aliphatic carbocycles. The van der Waals surface area contributed by atoms with Gasteiger partial charge in [-0.3, -0.25) is 10.1 Å². The van der Waals surface area contributed by atoms with Gasteiger partial charge in [0.2, 0.25) is 5.13 Å². The van der Waals surface area contributed by atoms with E-state index in [1.54, 1.807) is 18.4 Å². The third kappa shape index (κ3) is 3.13. The Morgan fingerprint density at radius 3 is 3.11 bits per heavy atom. The van der Waals surface area contributed by atoms with E-state index in [0.717, 1.165) is 16.4 Å². The molecule has 3 N–H and O–H groups in total. The van der Waals surface area contributed by atoms with Crippen molar-refractivity contribution in [1.82, 2.24) is 9.36 Å². The van der Waals surface area contributed by atoms with E-state index in [2.05, 4.69) is 26.5 Å². The predicted octanol–water partition coefficient (Wildman–Crippen LogP) is 1.47. The van der Waals surface area contributed by atoms with Crippen molar-refractivity contribution < 1.29 is 4.79 Å². The number of rotatable bonds is 2. The van der Waals surface area contributed by atoms with Crippen LogP contribution >= 0.6 is 22.9 Å². The third-order valence-corrected chi connectivity index (χ3v) is 3.49. The Bertz CT molecular complexity index is 620. The number of amides is 1. The maximum absolute atomic E-state index is 11.9. The molecule has 5 nitrogen and oxygen atoms in total. The van der Waals surface area contributed by atoms with Crippen molar-refractivity contribution >= 4 is 33.9 Å². The van der Waals surface area contributed by atoms with Crippen molar-refractivity contribution in [1.29, 1.82) is 0 Å². The first kappa shape index (κ1) is 12.7. The van der Waals surface area contributed by atoms with Crippen LogP contribution in [0.5, 0.6) is 0 Å². The summed E-state index contributed by atoms with van der Waals surface area (Å²) in [5, 5.41) is 4.94. The molecule has 0 aromatic carbocycles. The largest absolute Gasteiger partial charge is 0.320 e. The monoisotopic (exact) mass is 278 g/mol. The van der Waals surface area contributed by atoms with Gasteiger partial charge >= 0.3 is 0 Å². The van der Waals surface area contributed by atoms with Crippen LogP contribution in [0.15, 0.2) is 11.4 Å². The predicted molar refractivity (Wildman–Crippen MR) is 72.9 cm³/mol. The van der Waals surface area contributed by atoms with Crippen molar-refractivity contribution in [3.05, 3.63) is 27.7 Å². The molecule has 2 aromatic rings. The molecular formula is C11H10N4OS2.